The predicted octanol–water partition coefficient (Wildman–Crippen LogP) is 3.60. The highest BCUT2D eigenvalue weighted by atomic mass is 35.5. The minimum absolute atomic E-state index is 0.0344. The lowest BCUT2D eigenvalue weighted by Gasteiger charge is -2.06. The van der Waals surface area contributed by atoms with Gasteiger partial charge in [-0.2, -0.15) is 5.26 Å². The fraction of sp³-hybridized carbons (Fsp3) is 0.158. The molecule has 1 aliphatic heterocycles. The maximum absolute atomic E-state index is 12.3. The van der Waals surface area contributed by atoms with E-state index in [2.05, 4.69) is 5.32 Å². The molecule has 0 aromatic heterocycles. The normalized spacial score (nSPS) is 12.6. The van der Waals surface area contributed by atoms with Gasteiger partial charge < -0.3 is 14.8 Å². The van der Waals surface area contributed by atoms with Crippen LogP contribution in [0.4, 0.5) is 0 Å². The summed E-state index contributed by atoms with van der Waals surface area (Å²) in [6, 6.07) is 13.0. The third-order valence-electron chi connectivity index (χ3n) is 3.73. The quantitative estimate of drug-likeness (QED) is 0.672. The minimum Gasteiger partial charge on any atom is -0.454 e. The van der Waals surface area contributed by atoms with Gasteiger partial charge in [-0.25, -0.2) is 0 Å². The van der Waals surface area contributed by atoms with Gasteiger partial charge in [0.1, 0.15) is 11.6 Å². The summed E-state index contributed by atoms with van der Waals surface area (Å²) in [6.07, 6.45) is 1.44. The summed E-state index contributed by atoms with van der Waals surface area (Å²) in [5.74, 6) is 0.620. The van der Waals surface area contributed by atoms with Crippen LogP contribution in [0.3, 0.4) is 0 Å². The van der Waals surface area contributed by atoms with Crippen molar-refractivity contribution in [3.63, 3.8) is 0 Å². The van der Waals surface area contributed by atoms with E-state index in [4.69, 9.17) is 21.1 Å². The molecule has 1 amide bonds. The number of hydrogen-bond acceptors (Lipinski definition) is 4. The number of nitrogens with zero attached hydrogens (tertiary/aromatic N) is 1. The van der Waals surface area contributed by atoms with Gasteiger partial charge >= 0.3 is 0 Å². The number of fused-ring (bicyclic) bond motifs is 1. The zero-order valence-electron chi connectivity index (χ0n) is 13.5. The Balaban J connectivity index is 1.75. The van der Waals surface area contributed by atoms with Gasteiger partial charge in [-0.3, -0.25) is 4.79 Å². The van der Waals surface area contributed by atoms with Crippen molar-refractivity contribution >= 4 is 23.6 Å². The van der Waals surface area contributed by atoms with Crippen LogP contribution in [0, 0.1) is 18.3 Å². The van der Waals surface area contributed by atoms with Crippen molar-refractivity contribution in [1.29, 1.82) is 5.26 Å². The number of hydrogen-bond donors (Lipinski definition) is 1. The molecule has 0 atom stereocenters. The number of amides is 1. The summed E-state index contributed by atoms with van der Waals surface area (Å²) < 4.78 is 10.5. The Bertz CT molecular complexity index is 883. The van der Waals surface area contributed by atoms with Crippen molar-refractivity contribution in [2.75, 3.05) is 6.79 Å². The Labute approximate surface area is 150 Å². The van der Waals surface area contributed by atoms with Crippen molar-refractivity contribution in [3.05, 3.63) is 63.7 Å². The van der Waals surface area contributed by atoms with Crippen LogP contribution in [0.1, 0.15) is 16.7 Å². The molecular formula is C19H15ClN2O3. The third-order valence-corrected chi connectivity index (χ3v) is 4.06. The van der Waals surface area contributed by atoms with Gasteiger partial charge in [0.2, 0.25) is 6.79 Å². The smallest absolute Gasteiger partial charge is 0.262 e. The van der Waals surface area contributed by atoms with Crippen LogP contribution in [0.2, 0.25) is 5.02 Å². The summed E-state index contributed by atoms with van der Waals surface area (Å²) in [7, 11) is 0. The zero-order chi connectivity index (χ0) is 17.8. The second-order valence-electron chi connectivity index (χ2n) is 5.57. The highest BCUT2D eigenvalue weighted by molar-refractivity contribution is 6.32. The van der Waals surface area contributed by atoms with E-state index in [1.54, 1.807) is 12.1 Å². The van der Waals surface area contributed by atoms with Crippen LogP contribution in [0.25, 0.3) is 6.08 Å². The molecule has 1 aliphatic rings. The van der Waals surface area contributed by atoms with Gasteiger partial charge in [-0.1, -0.05) is 41.4 Å². The van der Waals surface area contributed by atoms with Crippen molar-refractivity contribution in [1.82, 2.24) is 5.32 Å². The summed E-state index contributed by atoms with van der Waals surface area (Å²) in [5, 5.41) is 12.4. The van der Waals surface area contributed by atoms with Crippen LogP contribution in [-0.2, 0) is 11.3 Å². The molecule has 0 saturated heterocycles. The van der Waals surface area contributed by atoms with E-state index in [1.807, 2.05) is 37.3 Å². The number of ether oxygens (including phenoxy) is 2. The molecule has 0 saturated carbocycles. The Hall–Kier alpha value is -2.97. The summed E-state index contributed by atoms with van der Waals surface area (Å²) >= 11 is 6.18. The van der Waals surface area contributed by atoms with E-state index in [-0.39, 0.29) is 12.4 Å². The minimum atomic E-state index is -0.461. The molecule has 5 nitrogen and oxygen atoms in total. The van der Waals surface area contributed by atoms with E-state index < -0.39 is 5.91 Å². The number of benzene rings is 2. The summed E-state index contributed by atoms with van der Waals surface area (Å²) in [5.41, 5.74) is 2.59. The number of nitrogens with one attached hydrogen (secondary N) is 1. The third kappa shape index (κ3) is 3.93. The molecule has 0 radical (unpaired) electrons. The summed E-state index contributed by atoms with van der Waals surface area (Å²) in [4.78, 5) is 12.3. The van der Waals surface area contributed by atoms with Gasteiger partial charge in [-0.05, 0) is 30.2 Å². The fourth-order valence-corrected chi connectivity index (χ4v) is 2.54. The molecule has 6 heteroatoms. The number of carbonyl (C=O) groups excluding carboxylic acids is 1. The highest BCUT2D eigenvalue weighted by Crippen LogP contribution is 2.37. The monoisotopic (exact) mass is 354 g/mol. The molecule has 0 fully saturated rings. The molecule has 25 heavy (non-hydrogen) atoms. The average molecular weight is 355 g/mol. The molecule has 1 N–H and O–H groups in total. The second kappa shape index (κ2) is 7.29. The van der Waals surface area contributed by atoms with Crippen LogP contribution in [0.15, 0.2) is 42.0 Å². The van der Waals surface area contributed by atoms with Gasteiger partial charge in [-0.15, -0.1) is 0 Å². The topological polar surface area (TPSA) is 71.4 Å². The van der Waals surface area contributed by atoms with Gasteiger partial charge in [0.05, 0.1) is 5.02 Å². The number of nitriles is 1. The van der Waals surface area contributed by atoms with Crippen LogP contribution in [0.5, 0.6) is 11.5 Å². The Morgan fingerprint density at radius 3 is 2.64 bits per heavy atom. The largest absolute Gasteiger partial charge is 0.454 e. The Morgan fingerprint density at radius 2 is 1.96 bits per heavy atom. The molecule has 2 aromatic rings. The van der Waals surface area contributed by atoms with Crippen molar-refractivity contribution in [2.24, 2.45) is 0 Å². The highest BCUT2D eigenvalue weighted by Gasteiger charge is 2.17. The molecule has 0 spiro atoms. The average Bonchev–Trinajstić information content (AvgIpc) is 3.05. The maximum Gasteiger partial charge on any atom is 0.262 e. The zero-order valence-corrected chi connectivity index (χ0v) is 14.3. The fourth-order valence-electron chi connectivity index (χ4n) is 2.33. The second-order valence-corrected chi connectivity index (χ2v) is 5.97. The Kier molecular flexibility index (Phi) is 4.92. The van der Waals surface area contributed by atoms with E-state index in [9.17, 15) is 10.1 Å². The first-order valence-corrected chi connectivity index (χ1v) is 7.99. The van der Waals surface area contributed by atoms with E-state index >= 15 is 0 Å². The first kappa shape index (κ1) is 16.9. The maximum atomic E-state index is 12.3. The van der Waals surface area contributed by atoms with Crippen LogP contribution < -0.4 is 14.8 Å². The molecule has 0 aliphatic carbocycles. The van der Waals surface area contributed by atoms with E-state index in [1.165, 1.54) is 6.08 Å². The first-order valence-electron chi connectivity index (χ1n) is 7.61. The molecule has 3 rings (SSSR count). The van der Waals surface area contributed by atoms with Crippen molar-refractivity contribution in [2.45, 2.75) is 13.5 Å². The number of carbonyl (C=O) groups is 1. The standard InChI is InChI=1S/C19H15ClN2O3/c1-12-2-4-13(5-3-12)10-22-19(23)15(9-21)6-14-7-17-18(8-16(14)20)25-11-24-17/h2-8H,10-11H2,1H3,(H,22,23)/b15-6+. The SMILES string of the molecule is Cc1ccc(CNC(=O)/C(C#N)=C/c2cc3c(cc2Cl)OCO3)cc1. The molecule has 126 valence electrons. The molecule has 1 heterocycles. The summed E-state index contributed by atoms with van der Waals surface area (Å²) in [6.45, 7) is 2.46. The number of aryl methyl sites for hydroxylation is 1. The van der Waals surface area contributed by atoms with E-state index in [0.717, 1.165) is 11.1 Å². The van der Waals surface area contributed by atoms with Gasteiger partial charge in [0.15, 0.2) is 11.5 Å². The van der Waals surface area contributed by atoms with Gasteiger partial charge in [0, 0.05) is 12.6 Å². The lowest BCUT2D eigenvalue weighted by atomic mass is 10.1. The molecule has 0 bridgehead atoms. The molecule has 2 aromatic carbocycles. The predicted molar refractivity (Wildman–Crippen MR) is 94.2 cm³/mol. The number of halogens is 1. The lowest BCUT2D eigenvalue weighted by molar-refractivity contribution is -0.117. The first-order chi connectivity index (χ1) is 12.1. The number of rotatable bonds is 4. The lowest BCUT2D eigenvalue weighted by Crippen LogP contribution is -2.23. The molecule has 0 unspecified atom stereocenters. The van der Waals surface area contributed by atoms with E-state index in [0.29, 0.717) is 28.6 Å². The van der Waals surface area contributed by atoms with Crippen LogP contribution >= 0.6 is 11.6 Å². The van der Waals surface area contributed by atoms with Crippen molar-refractivity contribution < 1.29 is 14.3 Å². The molecular weight excluding hydrogens is 340 g/mol. The van der Waals surface area contributed by atoms with Crippen LogP contribution in [-0.4, -0.2) is 12.7 Å². The Morgan fingerprint density at radius 1 is 1.28 bits per heavy atom. The van der Waals surface area contributed by atoms with Gasteiger partial charge in [0.25, 0.3) is 5.91 Å². The van der Waals surface area contributed by atoms with Crippen molar-refractivity contribution in [3.8, 4) is 17.6 Å².